The Kier molecular flexibility index (Phi) is 9.08. The predicted octanol–water partition coefficient (Wildman–Crippen LogP) is 11.0. The van der Waals surface area contributed by atoms with Crippen molar-refractivity contribution in [1.29, 1.82) is 0 Å². The van der Waals surface area contributed by atoms with Gasteiger partial charge >= 0.3 is 75.0 Å². The molecule has 0 radical (unpaired) electrons. The van der Waals surface area contributed by atoms with Crippen LogP contribution >= 0.6 is 148 Å². The Balaban J connectivity index is 0. The van der Waals surface area contributed by atoms with E-state index in [1.54, 1.807) is 0 Å². The van der Waals surface area contributed by atoms with Crippen molar-refractivity contribution in [3.05, 3.63) is 0 Å². The molecular weight excluding hydrogens is 532 g/mol. The first-order valence-corrected chi connectivity index (χ1v) is 19.5. The van der Waals surface area contributed by atoms with E-state index in [9.17, 15) is 0 Å². The van der Waals surface area contributed by atoms with Crippen LogP contribution in [0.25, 0.3) is 0 Å². The molecule has 0 N–H and O–H groups in total. The summed E-state index contributed by atoms with van der Waals surface area (Å²) in [6.07, 6.45) is 0. The van der Waals surface area contributed by atoms with Gasteiger partial charge in [-0.05, 0) is 38.2 Å². The quantitative estimate of drug-likeness (QED) is 0.298. The van der Waals surface area contributed by atoms with Crippen molar-refractivity contribution >= 4 is 148 Å². The van der Waals surface area contributed by atoms with Crippen molar-refractivity contribution in [1.82, 2.24) is 0 Å². The van der Waals surface area contributed by atoms with Gasteiger partial charge in [0, 0.05) is 0 Å². The molecule has 0 saturated carbocycles. The molecule has 0 fully saturated rings. The molecule has 0 aliphatic carbocycles. The van der Waals surface area contributed by atoms with Gasteiger partial charge in [0.2, 0.25) is 0 Å². The van der Waals surface area contributed by atoms with Crippen LogP contribution in [0.1, 0.15) is 0 Å². The Bertz CT molecular complexity index is 259. The molecule has 0 aliphatic rings. The molecule has 0 amide bonds. The van der Waals surface area contributed by atoms with E-state index in [1.165, 1.54) is 0 Å². The molecule has 0 rings (SSSR count). The Hall–Kier alpha value is 4.57. The zero-order valence-corrected chi connectivity index (χ0v) is 18.1. The van der Waals surface area contributed by atoms with Gasteiger partial charge in [-0.15, -0.1) is 0 Å². The third-order valence-electron chi connectivity index (χ3n) is 0.203. The molecule has 1 nitrogen and oxygen atoms in total. The van der Waals surface area contributed by atoms with Crippen LogP contribution in [0.2, 0.25) is 0 Å². The van der Waals surface area contributed by atoms with Crippen LogP contribution in [0.5, 0.6) is 0 Å². The van der Waals surface area contributed by atoms with E-state index in [-0.39, 0.29) is 0 Å². The normalized spacial score (nSPS) is 17.8. The Labute approximate surface area is 150 Å². The third-order valence-corrected chi connectivity index (χ3v) is 5.48. The van der Waals surface area contributed by atoms with E-state index in [0.717, 1.165) is 0 Å². The van der Waals surface area contributed by atoms with Crippen molar-refractivity contribution in [2.45, 2.75) is 0 Å². The van der Waals surface area contributed by atoms with E-state index in [4.69, 9.17) is 135 Å². The van der Waals surface area contributed by atoms with Crippen LogP contribution < -0.4 is 0 Å². The molecule has 0 aromatic rings. The number of hydrogen-bond donors (Lipinski definition) is 0. The minimum atomic E-state index is -4.82. The van der Waals surface area contributed by atoms with Gasteiger partial charge in [-0.1, -0.05) is 0 Å². The standard InChI is InChI=1S/Cl6NP2.Cl6P/c1-8(2,3)7-9(4,5)6;1-7(2,3,4,5)6/q+1;-1. The van der Waals surface area contributed by atoms with Crippen LogP contribution in [0.3, 0.4) is 0 Å². The van der Waals surface area contributed by atoms with Gasteiger partial charge in [0.05, 0.1) is 0 Å². The zero-order chi connectivity index (χ0) is 14.1. The average molecular weight is 532 g/mol. The van der Waals surface area contributed by atoms with Crippen LogP contribution in [0.4, 0.5) is 0 Å². The molecule has 16 heteroatoms. The third kappa shape index (κ3) is 51.3. The van der Waals surface area contributed by atoms with Gasteiger partial charge in [0.25, 0.3) is 5.11 Å². The fourth-order valence-corrected chi connectivity index (χ4v) is 9.31. The summed E-state index contributed by atoms with van der Waals surface area (Å²) in [4.78, 5) is 0. The van der Waals surface area contributed by atoms with E-state index in [2.05, 4.69) is 4.52 Å². The Morgan fingerprint density at radius 3 is 0.938 bits per heavy atom. The summed E-state index contributed by atoms with van der Waals surface area (Å²) in [5, 5.41) is -2.84. The van der Waals surface area contributed by atoms with Gasteiger partial charge in [-0.2, -0.15) is 0 Å². The fraction of sp³-hybridized carbons (Fsp3) is 0. The van der Waals surface area contributed by atoms with Crippen LogP contribution in [-0.2, 0) is 0 Å². The summed E-state index contributed by atoms with van der Waals surface area (Å²) in [7, 11) is 0. The van der Waals surface area contributed by atoms with Crippen molar-refractivity contribution in [2.24, 2.45) is 4.52 Å². The molecule has 16 heavy (non-hydrogen) atoms. The molecule has 0 unspecified atom stereocenters. The second-order valence-electron chi connectivity index (χ2n) is 1.88. The average Bonchev–Trinajstić information content (AvgIpc) is 1.36. The Morgan fingerprint density at radius 1 is 0.750 bits per heavy atom. The summed E-state index contributed by atoms with van der Waals surface area (Å²) < 4.78 is -1.47. The Morgan fingerprint density at radius 2 is 0.938 bits per heavy atom. The van der Waals surface area contributed by atoms with Crippen molar-refractivity contribution in [2.75, 3.05) is 0 Å². The molecule has 0 saturated heterocycles. The maximum atomic E-state index is 5.27. The molecule has 0 spiro atoms. The van der Waals surface area contributed by atoms with E-state index >= 15 is 0 Å². The predicted molar refractivity (Wildman–Crippen MR) is 93.4 cm³/mol. The summed E-state index contributed by atoms with van der Waals surface area (Å²) >= 11 is 61.6. The van der Waals surface area contributed by atoms with E-state index in [0.29, 0.717) is 0 Å². The van der Waals surface area contributed by atoms with E-state index in [1.807, 2.05) is 0 Å². The number of rotatable bonds is 1. The van der Waals surface area contributed by atoms with Gasteiger partial charge < -0.3 is 0 Å². The fourth-order valence-electron chi connectivity index (χ4n) is 0.115. The monoisotopic (exact) mass is 527 g/mol. The van der Waals surface area contributed by atoms with E-state index < -0.39 is 12.6 Å². The van der Waals surface area contributed by atoms with Crippen LogP contribution in [0, 0.1) is 0 Å². The van der Waals surface area contributed by atoms with Crippen molar-refractivity contribution in [3.63, 3.8) is 0 Å². The first kappa shape index (κ1) is 22.8. The number of nitrogens with zero attached hydrogens (tertiary/aromatic N) is 1. The SMILES string of the molecule is ClP(Cl)(Cl)=N[P+](Cl)(Cl)Cl.Cl[P-](Cl)(Cl)(Cl)(Cl)Cl. The molecular formula is Cl12NP3. The maximum absolute atomic E-state index is 5.27. The molecule has 0 atom stereocenters. The topological polar surface area (TPSA) is 12.4 Å². The number of halogens is 12. The molecule has 104 valence electrons. The van der Waals surface area contributed by atoms with Crippen molar-refractivity contribution < 1.29 is 0 Å². The zero-order valence-electron chi connectivity index (χ0n) is 6.32. The summed E-state index contributed by atoms with van der Waals surface area (Å²) in [6, 6.07) is 0. The summed E-state index contributed by atoms with van der Waals surface area (Å²) in [5.74, 6) is 0. The van der Waals surface area contributed by atoms with Crippen molar-refractivity contribution in [3.8, 4) is 0 Å². The number of hydrogen-bond acceptors (Lipinski definition) is 1. The second kappa shape index (κ2) is 6.36. The first-order chi connectivity index (χ1) is 6.16. The molecule has 0 aromatic heterocycles. The van der Waals surface area contributed by atoms with Crippen LogP contribution in [0.15, 0.2) is 4.52 Å². The van der Waals surface area contributed by atoms with Crippen LogP contribution in [-0.4, -0.2) is 0 Å². The summed E-state index contributed by atoms with van der Waals surface area (Å²) in [6.45, 7) is 0. The molecule has 0 bridgehead atoms. The van der Waals surface area contributed by atoms with Gasteiger partial charge in [-0.3, -0.25) is 0 Å². The molecule has 0 heterocycles. The van der Waals surface area contributed by atoms with Gasteiger partial charge in [0.1, 0.15) is 0 Å². The summed E-state index contributed by atoms with van der Waals surface area (Å²) in [5.41, 5.74) is -2.84. The van der Waals surface area contributed by atoms with Gasteiger partial charge in [0.15, 0.2) is 33.7 Å². The molecule has 0 aliphatic heterocycles. The minimum absolute atomic E-state index is 2.84. The first-order valence-electron chi connectivity index (χ1n) is 2.43. The molecule has 0 aromatic carbocycles. The second-order valence-corrected chi connectivity index (χ2v) is 41.1. The van der Waals surface area contributed by atoms with Gasteiger partial charge in [-0.25, -0.2) is 0 Å².